The summed E-state index contributed by atoms with van der Waals surface area (Å²) >= 11 is 0. The molecule has 58 heavy (non-hydrogen) atoms. The zero-order valence-corrected chi connectivity index (χ0v) is 33.0. The zero-order valence-electron chi connectivity index (χ0n) is 33.0. The van der Waals surface area contributed by atoms with Crippen LogP contribution >= 0.6 is 0 Å². The Labute approximate surface area is 337 Å². The van der Waals surface area contributed by atoms with Gasteiger partial charge >= 0.3 is 0 Å². The van der Waals surface area contributed by atoms with Crippen LogP contribution in [0.4, 0.5) is 5.69 Å². The second-order valence-corrected chi connectivity index (χ2v) is 13.7. The first kappa shape index (κ1) is 48.5. The van der Waals surface area contributed by atoms with Crippen LogP contribution in [-0.4, -0.2) is 122 Å². The van der Waals surface area contributed by atoms with Crippen molar-refractivity contribution >= 4 is 47.0 Å². The summed E-state index contributed by atoms with van der Waals surface area (Å²) in [6.07, 6.45) is -1.51. The third kappa shape index (κ3) is 16.8. The molecule has 0 saturated carbocycles. The molecule has 0 aromatic heterocycles. The molecule has 2 aromatic rings. The minimum atomic E-state index is -1.50. The van der Waals surface area contributed by atoms with Gasteiger partial charge in [0, 0.05) is 25.7 Å². The van der Waals surface area contributed by atoms with E-state index in [-0.39, 0.29) is 64.7 Å². The number of amides is 7. The Kier molecular flexibility index (Phi) is 21.4. The Morgan fingerprint density at radius 3 is 1.66 bits per heavy atom. The molecule has 0 bridgehead atoms. The van der Waals surface area contributed by atoms with Crippen molar-refractivity contribution < 1.29 is 38.7 Å². The number of hydrogen-bond donors (Lipinski definition) is 13. The van der Waals surface area contributed by atoms with E-state index < -0.39 is 83.7 Å². The average Bonchev–Trinajstić information content (AvgIpc) is 3.19. The van der Waals surface area contributed by atoms with Crippen molar-refractivity contribution in [3.05, 3.63) is 65.7 Å². The first-order valence-electron chi connectivity index (χ1n) is 19.1. The molecule has 7 amide bonds. The van der Waals surface area contributed by atoms with Gasteiger partial charge in [-0.15, -0.1) is 0 Å². The lowest BCUT2D eigenvalue weighted by atomic mass is 10.0. The predicted molar refractivity (Wildman–Crippen MR) is 217 cm³/mol. The second kappa shape index (κ2) is 25.6. The fourth-order valence-electron chi connectivity index (χ4n) is 5.68. The van der Waals surface area contributed by atoms with E-state index in [0.29, 0.717) is 5.56 Å². The van der Waals surface area contributed by atoms with Gasteiger partial charge in [-0.2, -0.15) is 0 Å². The van der Waals surface area contributed by atoms with Crippen LogP contribution in [0.25, 0.3) is 0 Å². The number of nitrogens with two attached hydrogens (primary N) is 5. The van der Waals surface area contributed by atoms with Gasteiger partial charge < -0.3 is 71.0 Å². The number of carbonyl (C=O) groups excluding carboxylic acids is 7. The van der Waals surface area contributed by atoms with E-state index in [1.165, 1.54) is 6.92 Å². The molecule has 0 fully saturated rings. The van der Waals surface area contributed by atoms with Crippen molar-refractivity contribution in [3.63, 3.8) is 0 Å². The van der Waals surface area contributed by atoms with Crippen LogP contribution in [0.15, 0.2) is 54.6 Å². The number of nitrogens with one attached hydrogen (secondary N) is 7. The molecular weight excluding hydrogens is 752 g/mol. The third-order valence-electron chi connectivity index (χ3n) is 8.99. The van der Waals surface area contributed by atoms with Crippen LogP contribution < -0.4 is 65.9 Å². The zero-order chi connectivity index (χ0) is 43.2. The van der Waals surface area contributed by atoms with E-state index in [9.17, 15) is 38.7 Å². The number of aliphatic hydroxyl groups excluding tert-OH is 1. The molecule has 0 radical (unpaired) electrons. The molecule has 320 valence electrons. The Morgan fingerprint density at radius 2 is 1.14 bits per heavy atom. The maximum absolute atomic E-state index is 13.8. The van der Waals surface area contributed by atoms with Crippen molar-refractivity contribution in [1.29, 1.82) is 0 Å². The first-order chi connectivity index (χ1) is 27.6. The molecule has 0 aliphatic carbocycles. The Balaban J connectivity index is 2.23. The maximum atomic E-state index is 13.8. The van der Waals surface area contributed by atoms with Gasteiger partial charge in [0.25, 0.3) is 0 Å². The number of primary amides is 1. The lowest BCUT2D eigenvalue weighted by Gasteiger charge is -2.26. The van der Waals surface area contributed by atoms with Crippen LogP contribution in [0.1, 0.15) is 43.7 Å². The summed E-state index contributed by atoms with van der Waals surface area (Å²) in [5.74, 6) is -5.17. The number of carbonyl (C=O) groups is 7. The largest absolute Gasteiger partial charge is 0.391 e. The summed E-state index contributed by atoms with van der Waals surface area (Å²) in [5.41, 5.74) is 30.5. The minimum Gasteiger partial charge on any atom is -0.391 e. The molecule has 0 spiro atoms. The highest BCUT2D eigenvalue weighted by atomic mass is 16.3. The van der Waals surface area contributed by atoms with E-state index in [1.54, 1.807) is 61.6 Å². The number of anilines is 1. The predicted octanol–water partition coefficient (Wildman–Crippen LogP) is -4.32. The van der Waals surface area contributed by atoms with Crippen molar-refractivity contribution in [2.45, 2.75) is 87.8 Å². The first-order valence-corrected chi connectivity index (χ1v) is 19.1. The highest BCUT2D eigenvalue weighted by molar-refractivity contribution is 5.95. The molecule has 20 nitrogen and oxygen atoms in total. The molecule has 2 rings (SSSR count). The highest BCUT2D eigenvalue weighted by Crippen LogP contribution is 2.10. The Morgan fingerprint density at radius 1 is 0.621 bits per heavy atom. The van der Waals surface area contributed by atoms with Gasteiger partial charge in [0.1, 0.15) is 30.2 Å². The van der Waals surface area contributed by atoms with Crippen molar-refractivity contribution in [1.82, 2.24) is 31.9 Å². The van der Waals surface area contributed by atoms with Crippen LogP contribution in [0.5, 0.6) is 0 Å². The SMILES string of the molecule is CNc1ccc(CC(=O)N[C@@H](CCNC(=O)[C@@H](NC(=O)[C@H](CCN)NC(=O)[C@@H](N)CCN)[C@@H](C)O)C(=O)N[C@@H](CCN)C(=O)N[C@H](Cc2ccccc2)C(N)=O)cc1. The normalized spacial score (nSPS) is 14.5. The van der Waals surface area contributed by atoms with Gasteiger partial charge in [-0.25, -0.2) is 0 Å². The van der Waals surface area contributed by atoms with Gasteiger partial charge in [-0.3, -0.25) is 33.6 Å². The molecule has 7 atom stereocenters. The number of benzene rings is 2. The van der Waals surface area contributed by atoms with Gasteiger partial charge in [0.05, 0.1) is 18.6 Å². The van der Waals surface area contributed by atoms with Crippen LogP contribution in [0.2, 0.25) is 0 Å². The van der Waals surface area contributed by atoms with E-state index in [2.05, 4.69) is 37.2 Å². The topological polar surface area (TPSA) is 354 Å². The standard InChI is InChI=1S/C38H60N12O8/c1-22(51)32(50-37(57)28(14-18-41)47-34(54)26(42)12-16-39)38(58)45-19-15-29(46-31(52)21-24-8-10-25(44-2)11-9-24)36(56)48-27(13-17-40)35(55)49-30(33(43)53)20-23-6-4-3-5-7-23/h3-11,22,26-30,32,44,51H,12-21,39-42H2,1-2H3,(H2,43,53)(H,45,58)(H,46,52)(H,47,54)(H,48,56)(H,49,55)(H,50,57)/t22-,26+,27+,28+,29+,30-,32+/m1/s1. The van der Waals surface area contributed by atoms with E-state index in [0.717, 1.165) is 11.3 Å². The van der Waals surface area contributed by atoms with Crippen LogP contribution in [-0.2, 0) is 46.4 Å². The average molecular weight is 813 g/mol. The summed E-state index contributed by atoms with van der Waals surface area (Å²) in [4.78, 5) is 91.6. The van der Waals surface area contributed by atoms with E-state index in [4.69, 9.17) is 28.7 Å². The van der Waals surface area contributed by atoms with Crippen molar-refractivity contribution in [3.8, 4) is 0 Å². The molecular formula is C38H60N12O8. The number of aliphatic hydroxyl groups is 1. The number of hydrogen-bond acceptors (Lipinski definition) is 13. The summed E-state index contributed by atoms with van der Waals surface area (Å²) in [6, 6.07) is 8.56. The molecule has 18 N–H and O–H groups in total. The second-order valence-electron chi connectivity index (χ2n) is 13.7. The summed E-state index contributed by atoms with van der Waals surface area (Å²) in [7, 11) is 1.75. The van der Waals surface area contributed by atoms with Crippen LogP contribution in [0, 0.1) is 0 Å². The molecule has 2 aromatic carbocycles. The molecule has 0 aliphatic rings. The van der Waals surface area contributed by atoms with Gasteiger partial charge in [0.2, 0.25) is 41.4 Å². The Bertz CT molecular complexity index is 1650. The lowest BCUT2D eigenvalue weighted by molar-refractivity contribution is -0.134. The van der Waals surface area contributed by atoms with Crippen molar-refractivity contribution in [2.75, 3.05) is 38.5 Å². The summed E-state index contributed by atoms with van der Waals surface area (Å²) < 4.78 is 0. The quantitative estimate of drug-likeness (QED) is 0.0428. The van der Waals surface area contributed by atoms with Crippen LogP contribution in [0.3, 0.4) is 0 Å². The fraction of sp³-hybridized carbons (Fsp3) is 0.500. The van der Waals surface area contributed by atoms with Gasteiger partial charge in [0.15, 0.2) is 0 Å². The maximum Gasteiger partial charge on any atom is 0.245 e. The monoisotopic (exact) mass is 812 g/mol. The number of rotatable bonds is 26. The lowest BCUT2D eigenvalue weighted by Crippen LogP contribution is -2.59. The summed E-state index contributed by atoms with van der Waals surface area (Å²) in [6.45, 7) is 1.12. The smallest absolute Gasteiger partial charge is 0.245 e. The van der Waals surface area contributed by atoms with Gasteiger partial charge in [-0.1, -0.05) is 42.5 Å². The fourth-order valence-corrected chi connectivity index (χ4v) is 5.68. The molecule has 0 unspecified atom stereocenters. The molecule has 0 heterocycles. The highest BCUT2D eigenvalue weighted by Gasteiger charge is 2.32. The molecule has 0 aliphatic heterocycles. The third-order valence-corrected chi connectivity index (χ3v) is 8.99. The van der Waals surface area contributed by atoms with Gasteiger partial charge in [-0.05, 0) is 75.5 Å². The van der Waals surface area contributed by atoms with Crippen molar-refractivity contribution in [2.24, 2.45) is 28.7 Å². The van der Waals surface area contributed by atoms with E-state index >= 15 is 0 Å². The minimum absolute atomic E-state index is 0.000323. The molecule has 0 saturated heterocycles. The Hall–Kier alpha value is -5.67. The van der Waals surface area contributed by atoms with E-state index in [1.807, 2.05) is 0 Å². The summed E-state index contributed by atoms with van der Waals surface area (Å²) in [5, 5.41) is 28.7. The molecule has 20 heteroatoms.